The predicted molar refractivity (Wildman–Crippen MR) is 97.9 cm³/mol. The maximum Gasteiger partial charge on any atom is 0.227 e. The molecule has 1 amide bonds. The third-order valence-electron chi connectivity index (χ3n) is 3.83. The van der Waals surface area contributed by atoms with Crippen LogP contribution in [0.1, 0.15) is 17.9 Å². The van der Waals surface area contributed by atoms with Gasteiger partial charge in [0.05, 0.1) is 0 Å². The maximum atomic E-state index is 12.6. The SMILES string of the molecule is C=CCN(Cc1ccccc1)C(=O)CCc1nc(-c2ccccn2)no1. The van der Waals surface area contributed by atoms with Crippen molar-refractivity contribution in [1.82, 2.24) is 20.0 Å². The van der Waals surface area contributed by atoms with Gasteiger partial charge >= 0.3 is 0 Å². The molecule has 6 nitrogen and oxygen atoms in total. The molecule has 0 aliphatic rings. The zero-order chi connectivity index (χ0) is 18.2. The Hall–Kier alpha value is -3.28. The van der Waals surface area contributed by atoms with Gasteiger partial charge in [0.25, 0.3) is 0 Å². The van der Waals surface area contributed by atoms with Crippen molar-refractivity contribution in [2.75, 3.05) is 6.54 Å². The molecule has 3 rings (SSSR count). The number of nitrogens with zero attached hydrogens (tertiary/aromatic N) is 4. The molecule has 132 valence electrons. The zero-order valence-corrected chi connectivity index (χ0v) is 14.4. The molecule has 0 aliphatic carbocycles. The van der Waals surface area contributed by atoms with Crippen molar-refractivity contribution in [1.29, 1.82) is 0 Å². The number of pyridine rings is 1. The smallest absolute Gasteiger partial charge is 0.227 e. The number of aromatic nitrogens is 3. The van der Waals surface area contributed by atoms with Crippen molar-refractivity contribution in [2.45, 2.75) is 19.4 Å². The molecule has 6 heteroatoms. The number of benzene rings is 1. The van der Waals surface area contributed by atoms with Gasteiger partial charge in [-0.15, -0.1) is 6.58 Å². The summed E-state index contributed by atoms with van der Waals surface area (Å²) in [5, 5.41) is 3.92. The van der Waals surface area contributed by atoms with Crippen molar-refractivity contribution in [3.8, 4) is 11.5 Å². The maximum absolute atomic E-state index is 12.6. The summed E-state index contributed by atoms with van der Waals surface area (Å²) in [7, 11) is 0. The highest BCUT2D eigenvalue weighted by Crippen LogP contribution is 2.13. The lowest BCUT2D eigenvalue weighted by molar-refractivity contribution is -0.131. The van der Waals surface area contributed by atoms with Crippen LogP contribution < -0.4 is 0 Å². The monoisotopic (exact) mass is 348 g/mol. The van der Waals surface area contributed by atoms with Crippen LogP contribution in [0, 0.1) is 0 Å². The van der Waals surface area contributed by atoms with E-state index in [0.29, 0.717) is 43.3 Å². The molecule has 26 heavy (non-hydrogen) atoms. The minimum absolute atomic E-state index is 0.0198. The molecule has 0 aliphatic heterocycles. The summed E-state index contributed by atoms with van der Waals surface area (Å²) in [6.07, 6.45) is 4.09. The second kappa shape index (κ2) is 8.71. The minimum atomic E-state index is 0.0198. The van der Waals surface area contributed by atoms with Crippen LogP contribution in [0.15, 0.2) is 71.9 Å². The fourth-order valence-corrected chi connectivity index (χ4v) is 2.54. The van der Waals surface area contributed by atoms with Gasteiger partial charge in [0.1, 0.15) is 5.69 Å². The standard InChI is InChI=1S/C20H20N4O2/c1-2-14-24(15-16-8-4-3-5-9-16)19(25)12-11-18-22-20(23-26-18)17-10-6-7-13-21-17/h2-10,13H,1,11-12,14-15H2. The van der Waals surface area contributed by atoms with Crippen LogP contribution in [0.4, 0.5) is 0 Å². The van der Waals surface area contributed by atoms with E-state index < -0.39 is 0 Å². The summed E-state index contributed by atoms with van der Waals surface area (Å²) in [6, 6.07) is 15.4. The Balaban J connectivity index is 1.59. The first kappa shape index (κ1) is 17.5. The van der Waals surface area contributed by atoms with Crippen molar-refractivity contribution in [3.05, 3.63) is 78.8 Å². The van der Waals surface area contributed by atoms with Gasteiger partial charge in [-0.25, -0.2) is 0 Å². The molecule has 2 heterocycles. The first-order valence-corrected chi connectivity index (χ1v) is 8.43. The van der Waals surface area contributed by atoms with Gasteiger partial charge in [-0.3, -0.25) is 9.78 Å². The van der Waals surface area contributed by atoms with Gasteiger partial charge in [-0.1, -0.05) is 47.6 Å². The lowest BCUT2D eigenvalue weighted by Gasteiger charge is -2.21. The Labute approximate surface area is 152 Å². The molecule has 0 fully saturated rings. The van der Waals surface area contributed by atoms with Crippen LogP contribution in [0.25, 0.3) is 11.5 Å². The number of rotatable bonds is 8. The molecule has 0 saturated carbocycles. The van der Waals surface area contributed by atoms with Gasteiger partial charge in [0, 0.05) is 32.1 Å². The minimum Gasteiger partial charge on any atom is -0.339 e. The van der Waals surface area contributed by atoms with Gasteiger partial charge in [0.15, 0.2) is 0 Å². The summed E-state index contributed by atoms with van der Waals surface area (Å²) in [5.41, 5.74) is 1.73. The van der Waals surface area contributed by atoms with Crippen LogP contribution in [0.5, 0.6) is 0 Å². The third-order valence-corrected chi connectivity index (χ3v) is 3.83. The average Bonchev–Trinajstić information content (AvgIpc) is 3.16. The molecule has 1 aromatic carbocycles. The molecule has 0 bridgehead atoms. The second-order valence-electron chi connectivity index (χ2n) is 5.78. The molecule has 2 aromatic heterocycles. The van der Waals surface area contributed by atoms with E-state index in [1.165, 1.54) is 0 Å². The molecule has 3 aromatic rings. The number of hydrogen-bond acceptors (Lipinski definition) is 5. The summed E-state index contributed by atoms with van der Waals surface area (Å²) in [4.78, 5) is 22.8. The van der Waals surface area contributed by atoms with E-state index in [2.05, 4.69) is 21.7 Å². The summed E-state index contributed by atoms with van der Waals surface area (Å²) in [6.45, 7) is 4.79. The van der Waals surface area contributed by atoms with E-state index in [1.807, 2.05) is 48.5 Å². The van der Waals surface area contributed by atoms with E-state index in [1.54, 1.807) is 17.2 Å². The van der Waals surface area contributed by atoms with E-state index in [-0.39, 0.29) is 5.91 Å². The molecular formula is C20H20N4O2. The number of carbonyl (C=O) groups excluding carboxylic acids is 1. The van der Waals surface area contributed by atoms with Gasteiger partial charge in [0.2, 0.25) is 17.6 Å². The highest BCUT2D eigenvalue weighted by Gasteiger charge is 2.15. The first-order valence-electron chi connectivity index (χ1n) is 8.43. The molecule has 0 unspecified atom stereocenters. The quantitative estimate of drug-likeness (QED) is 0.584. The van der Waals surface area contributed by atoms with E-state index in [0.717, 1.165) is 5.56 Å². The Kier molecular flexibility index (Phi) is 5.88. The highest BCUT2D eigenvalue weighted by molar-refractivity contribution is 5.76. The Morgan fingerprint density at radius 3 is 2.69 bits per heavy atom. The van der Waals surface area contributed by atoms with Gasteiger partial charge < -0.3 is 9.42 Å². The van der Waals surface area contributed by atoms with Crippen LogP contribution in [0.3, 0.4) is 0 Å². The van der Waals surface area contributed by atoms with Crippen molar-refractivity contribution >= 4 is 5.91 Å². The summed E-state index contributed by atoms with van der Waals surface area (Å²) < 4.78 is 5.24. The second-order valence-corrected chi connectivity index (χ2v) is 5.78. The molecule has 0 atom stereocenters. The highest BCUT2D eigenvalue weighted by atomic mass is 16.5. The van der Waals surface area contributed by atoms with Crippen molar-refractivity contribution in [3.63, 3.8) is 0 Å². The molecule has 0 radical (unpaired) electrons. The lowest BCUT2D eigenvalue weighted by Crippen LogP contribution is -2.30. The zero-order valence-electron chi connectivity index (χ0n) is 14.4. The predicted octanol–water partition coefficient (Wildman–Crippen LogP) is 3.28. The number of aryl methyl sites for hydroxylation is 1. The largest absolute Gasteiger partial charge is 0.339 e. The Morgan fingerprint density at radius 1 is 1.15 bits per heavy atom. The van der Waals surface area contributed by atoms with E-state index in [4.69, 9.17) is 4.52 Å². The van der Waals surface area contributed by atoms with Gasteiger partial charge in [-0.05, 0) is 17.7 Å². The normalized spacial score (nSPS) is 10.5. The van der Waals surface area contributed by atoms with Crippen LogP contribution in [-0.4, -0.2) is 32.5 Å². The summed E-state index contributed by atoms with van der Waals surface area (Å²) >= 11 is 0. The van der Waals surface area contributed by atoms with E-state index >= 15 is 0 Å². The first-order chi connectivity index (χ1) is 12.8. The molecular weight excluding hydrogens is 328 g/mol. The lowest BCUT2D eigenvalue weighted by atomic mass is 10.2. The van der Waals surface area contributed by atoms with Crippen molar-refractivity contribution in [2.24, 2.45) is 0 Å². The van der Waals surface area contributed by atoms with Crippen LogP contribution in [0.2, 0.25) is 0 Å². The fraction of sp³-hybridized carbons (Fsp3) is 0.200. The third kappa shape index (κ3) is 4.63. The topological polar surface area (TPSA) is 72.1 Å². The number of carbonyl (C=O) groups is 1. The van der Waals surface area contributed by atoms with Crippen molar-refractivity contribution < 1.29 is 9.32 Å². The molecule has 0 spiro atoms. The average molecular weight is 348 g/mol. The molecule has 0 N–H and O–H groups in total. The fourth-order valence-electron chi connectivity index (χ4n) is 2.54. The number of hydrogen-bond donors (Lipinski definition) is 0. The Morgan fingerprint density at radius 2 is 1.96 bits per heavy atom. The Bertz CT molecular complexity index is 847. The number of amides is 1. The van der Waals surface area contributed by atoms with Crippen LogP contribution in [-0.2, 0) is 17.8 Å². The summed E-state index contributed by atoms with van der Waals surface area (Å²) in [5.74, 6) is 0.879. The van der Waals surface area contributed by atoms with Crippen LogP contribution >= 0.6 is 0 Å². The van der Waals surface area contributed by atoms with E-state index in [9.17, 15) is 4.79 Å². The molecule has 0 saturated heterocycles. The van der Waals surface area contributed by atoms with Gasteiger partial charge in [-0.2, -0.15) is 4.98 Å².